The van der Waals surface area contributed by atoms with Gasteiger partial charge in [-0.2, -0.15) is 5.26 Å². The molecule has 1 aliphatic carbocycles. The Bertz CT molecular complexity index is 405. The summed E-state index contributed by atoms with van der Waals surface area (Å²) in [5.74, 6) is -0.0357. The van der Waals surface area contributed by atoms with Gasteiger partial charge in [0.1, 0.15) is 5.41 Å². The van der Waals surface area contributed by atoms with Crippen molar-refractivity contribution in [3.8, 4) is 6.07 Å². The lowest BCUT2D eigenvalue weighted by atomic mass is 9.69. The summed E-state index contributed by atoms with van der Waals surface area (Å²) in [6, 6.07) is 3.73. The third-order valence-electron chi connectivity index (χ3n) is 2.65. The van der Waals surface area contributed by atoms with E-state index in [9.17, 15) is 4.79 Å². The molecule has 0 aliphatic heterocycles. The number of nitrogens with one attached hydrogen (secondary N) is 1. The van der Waals surface area contributed by atoms with E-state index in [1.807, 2.05) is 0 Å². The zero-order chi connectivity index (χ0) is 10.7. The van der Waals surface area contributed by atoms with Crippen LogP contribution in [0.15, 0.2) is 18.5 Å². The zero-order valence-corrected chi connectivity index (χ0v) is 8.10. The monoisotopic (exact) mass is 202 g/mol. The topological polar surface area (TPSA) is 78.7 Å². The predicted molar refractivity (Wildman–Crippen MR) is 52.6 cm³/mol. The summed E-state index contributed by atoms with van der Waals surface area (Å²) < 4.78 is 0. The lowest BCUT2D eigenvalue weighted by molar-refractivity contribution is -0.126. The SMILES string of the molecule is N#CC1(C(=O)Nc2ncccn2)CCC1. The number of hydrogen-bond donors (Lipinski definition) is 1. The smallest absolute Gasteiger partial charge is 0.247 e. The zero-order valence-electron chi connectivity index (χ0n) is 8.10. The van der Waals surface area contributed by atoms with Gasteiger partial charge in [0.15, 0.2) is 0 Å². The summed E-state index contributed by atoms with van der Waals surface area (Å²) in [5, 5.41) is 11.5. The molecule has 1 amide bonds. The number of aromatic nitrogens is 2. The summed E-state index contributed by atoms with van der Waals surface area (Å²) in [6.45, 7) is 0. The first-order valence-corrected chi connectivity index (χ1v) is 4.77. The Hall–Kier alpha value is -1.96. The Morgan fingerprint density at radius 3 is 2.60 bits per heavy atom. The Balaban J connectivity index is 2.08. The van der Waals surface area contributed by atoms with E-state index in [4.69, 9.17) is 5.26 Å². The number of amides is 1. The minimum atomic E-state index is -0.848. The van der Waals surface area contributed by atoms with Crippen LogP contribution in [-0.2, 0) is 4.79 Å². The van der Waals surface area contributed by atoms with Crippen LogP contribution in [0.25, 0.3) is 0 Å². The van der Waals surface area contributed by atoms with Gasteiger partial charge < -0.3 is 0 Å². The van der Waals surface area contributed by atoms with Gasteiger partial charge in [-0.25, -0.2) is 9.97 Å². The van der Waals surface area contributed by atoms with Gasteiger partial charge in [0.2, 0.25) is 11.9 Å². The van der Waals surface area contributed by atoms with Crippen molar-refractivity contribution in [2.75, 3.05) is 5.32 Å². The van der Waals surface area contributed by atoms with Crippen LogP contribution in [0.2, 0.25) is 0 Å². The van der Waals surface area contributed by atoms with Crippen molar-refractivity contribution in [2.45, 2.75) is 19.3 Å². The van der Waals surface area contributed by atoms with Crippen LogP contribution < -0.4 is 5.32 Å². The fourth-order valence-corrected chi connectivity index (χ4v) is 1.50. The second-order valence-electron chi connectivity index (χ2n) is 3.57. The summed E-state index contributed by atoms with van der Waals surface area (Å²) in [4.78, 5) is 19.5. The standard InChI is InChI=1S/C10H10N4O/c11-7-10(3-1-4-10)8(15)14-9-12-5-2-6-13-9/h2,5-6H,1,3-4H2,(H,12,13,14,15). The molecule has 0 spiro atoms. The highest BCUT2D eigenvalue weighted by atomic mass is 16.2. The summed E-state index contributed by atoms with van der Waals surface area (Å²) in [6.07, 6.45) is 5.27. The Morgan fingerprint density at radius 1 is 1.47 bits per heavy atom. The van der Waals surface area contributed by atoms with E-state index in [1.54, 1.807) is 18.5 Å². The molecule has 15 heavy (non-hydrogen) atoms. The van der Waals surface area contributed by atoms with Gasteiger partial charge in [-0.1, -0.05) is 0 Å². The van der Waals surface area contributed by atoms with Crippen molar-refractivity contribution in [3.63, 3.8) is 0 Å². The first kappa shape index (κ1) is 9.59. The molecule has 1 aromatic rings. The first-order valence-electron chi connectivity index (χ1n) is 4.77. The number of rotatable bonds is 2. The van der Waals surface area contributed by atoms with Gasteiger partial charge in [-0.05, 0) is 25.3 Å². The lowest BCUT2D eigenvalue weighted by Crippen LogP contribution is -2.41. The highest BCUT2D eigenvalue weighted by Crippen LogP contribution is 2.40. The normalized spacial score (nSPS) is 17.3. The van der Waals surface area contributed by atoms with Crippen LogP contribution in [0.1, 0.15) is 19.3 Å². The molecule has 0 unspecified atom stereocenters. The average Bonchev–Trinajstić information content (AvgIpc) is 2.18. The third-order valence-corrected chi connectivity index (χ3v) is 2.65. The lowest BCUT2D eigenvalue weighted by Gasteiger charge is -2.32. The molecule has 2 rings (SSSR count). The fraction of sp³-hybridized carbons (Fsp3) is 0.400. The Labute approximate surface area is 87.2 Å². The molecular formula is C10H10N4O. The minimum Gasteiger partial charge on any atom is -0.293 e. The van der Waals surface area contributed by atoms with E-state index in [0.717, 1.165) is 6.42 Å². The summed E-state index contributed by atoms with van der Waals surface area (Å²) >= 11 is 0. The van der Waals surface area contributed by atoms with Crippen LogP contribution in [0.5, 0.6) is 0 Å². The first-order chi connectivity index (χ1) is 7.27. The second-order valence-corrected chi connectivity index (χ2v) is 3.57. The molecule has 0 atom stereocenters. The minimum absolute atomic E-state index is 0.254. The van der Waals surface area contributed by atoms with Crippen molar-refractivity contribution >= 4 is 11.9 Å². The number of carbonyl (C=O) groups is 1. The summed E-state index contributed by atoms with van der Waals surface area (Å²) in [5.41, 5.74) is -0.848. The highest BCUT2D eigenvalue weighted by Gasteiger charge is 2.44. The molecule has 0 saturated heterocycles. The van der Waals surface area contributed by atoms with Crippen molar-refractivity contribution in [2.24, 2.45) is 5.41 Å². The molecule has 1 aliphatic rings. The maximum absolute atomic E-state index is 11.7. The van der Waals surface area contributed by atoms with Crippen LogP contribution in [0.3, 0.4) is 0 Å². The van der Waals surface area contributed by atoms with Gasteiger partial charge in [0.05, 0.1) is 6.07 Å². The maximum atomic E-state index is 11.7. The molecule has 0 aromatic carbocycles. The van der Waals surface area contributed by atoms with Crippen molar-refractivity contribution in [1.29, 1.82) is 5.26 Å². The van der Waals surface area contributed by atoms with E-state index in [1.165, 1.54) is 0 Å². The molecule has 1 N–H and O–H groups in total. The number of nitrogens with zero attached hydrogens (tertiary/aromatic N) is 3. The molecule has 76 valence electrons. The quantitative estimate of drug-likeness (QED) is 0.779. The number of hydrogen-bond acceptors (Lipinski definition) is 4. The van der Waals surface area contributed by atoms with E-state index in [0.29, 0.717) is 12.8 Å². The van der Waals surface area contributed by atoms with Crippen molar-refractivity contribution in [1.82, 2.24) is 9.97 Å². The van der Waals surface area contributed by atoms with Gasteiger partial charge in [-0.3, -0.25) is 10.1 Å². The molecule has 0 bridgehead atoms. The Kier molecular flexibility index (Phi) is 2.34. The number of nitriles is 1. The average molecular weight is 202 g/mol. The van der Waals surface area contributed by atoms with Gasteiger partial charge in [-0.15, -0.1) is 0 Å². The van der Waals surface area contributed by atoms with E-state index >= 15 is 0 Å². The third kappa shape index (κ3) is 1.66. The van der Waals surface area contributed by atoms with Crippen LogP contribution in [0, 0.1) is 16.7 Å². The fourth-order valence-electron chi connectivity index (χ4n) is 1.50. The van der Waals surface area contributed by atoms with Gasteiger partial charge in [0, 0.05) is 12.4 Å². The highest BCUT2D eigenvalue weighted by molar-refractivity contribution is 5.96. The number of anilines is 1. The molecule has 1 aromatic heterocycles. The number of carbonyl (C=O) groups excluding carboxylic acids is 1. The molecule has 5 nitrogen and oxygen atoms in total. The predicted octanol–water partition coefficient (Wildman–Crippen LogP) is 1.11. The van der Waals surface area contributed by atoms with Gasteiger partial charge >= 0.3 is 0 Å². The molecule has 1 heterocycles. The van der Waals surface area contributed by atoms with Crippen molar-refractivity contribution in [3.05, 3.63) is 18.5 Å². The summed E-state index contributed by atoms with van der Waals surface area (Å²) in [7, 11) is 0. The molecule has 0 radical (unpaired) electrons. The van der Waals surface area contributed by atoms with Crippen LogP contribution in [0.4, 0.5) is 5.95 Å². The largest absolute Gasteiger partial charge is 0.293 e. The molecule has 1 fully saturated rings. The van der Waals surface area contributed by atoms with Crippen LogP contribution in [-0.4, -0.2) is 15.9 Å². The molecular weight excluding hydrogens is 192 g/mol. The molecule has 5 heteroatoms. The van der Waals surface area contributed by atoms with Crippen LogP contribution >= 0.6 is 0 Å². The van der Waals surface area contributed by atoms with E-state index in [2.05, 4.69) is 21.4 Å². The Morgan fingerprint density at radius 2 is 2.13 bits per heavy atom. The second kappa shape index (κ2) is 3.65. The maximum Gasteiger partial charge on any atom is 0.247 e. The van der Waals surface area contributed by atoms with Crippen molar-refractivity contribution < 1.29 is 4.79 Å². The van der Waals surface area contributed by atoms with E-state index < -0.39 is 5.41 Å². The van der Waals surface area contributed by atoms with Gasteiger partial charge in [0.25, 0.3) is 0 Å². The van der Waals surface area contributed by atoms with E-state index in [-0.39, 0.29) is 11.9 Å². The molecule has 1 saturated carbocycles.